The van der Waals surface area contributed by atoms with Crippen molar-refractivity contribution in [2.75, 3.05) is 55.2 Å². The van der Waals surface area contributed by atoms with Gasteiger partial charge in [-0.15, -0.1) is 0 Å². The molecule has 0 aromatic heterocycles. The first-order valence-corrected chi connectivity index (χ1v) is 19.2. The fourth-order valence-electron chi connectivity index (χ4n) is 6.93. The molecule has 4 aromatic rings. The number of nitrogens with zero attached hydrogens (tertiary/aromatic N) is 3. The Morgan fingerprint density at radius 3 is 2.02 bits per heavy atom. The van der Waals surface area contributed by atoms with Gasteiger partial charge in [-0.25, -0.2) is 0 Å². The van der Waals surface area contributed by atoms with E-state index in [2.05, 4.69) is 148 Å². The van der Waals surface area contributed by atoms with Gasteiger partial charge in [-0.1, -0.05) is 102 Å². The van der Waals surface area contributed by atoms with Crippen molar-refractivity contribution in [3.63, 3.8) is 0 Å². The fraction of sp³-hybridized carbons (Fsp3) is 0.256. The standard InChI is InChI=1S/C43H45N3O2S2/c1-47-31-13-29-44-37-19-9-11-21-39(37)49-41(44)27-25-33-23-24-34(43(33)46(35-15-5-3-6-16-35)36-17-7-4-8-18-36)26-28-42-45(30-14-32-48-2)38-20-10-12-22-40(38)50-42/h3-12,15-22,25-28,41H,13-14,23-24,29-32H2,1-2H3/b27-25+,34-26+,42-28-. The first-order valence-electron chi connectivity index (χ1n) is 17.5. The minimum atomic E-state index is 0.226. The maximum atomic E-state index is 5.43. The van der Waals surface area contributed by atoms with Crippen LogP contribution in [0.25, 0.3) is 0 Å². The van der Waals surface area contributed by atoms with Crippen LogP contribution < -0.4 is 14.7 Å². The Hall–Kier alpha value is -4.14. The number of methoxy groups -OCH3 is 2. The molecule has 0 saturated heterocycles. The molecule has 3 aliphatic rings. The fourth-order valence-corrected chi connectivity index (χ4v) is 9.24. The molecular formula is C43H45N3O2S2. The zero-order valence-corrected chi connectivity index (χ0v) is 30.5. The third-order valence-corrected chi connectivity index (χ3v) is 11.6. The molecule has 0 saturated carbocycles. The van der Waals surface area contributed by atoms with Gasteiger partial charge in [-0.05, 0) is 91.4 Å². The number of hydrogen-bond donors (Lipinski definition) is 0. The topological polar surface area (TPSA) is 28.2 Å². The Morgan fingerprint density at radius 2 is 1.32 bits per heavy atom. The number of anilines is 4. The Kier molecular flexibility index (Phi) is 11.5. The zero-order valence-electron chi connectivity index (χ0n) is 28.9. The van der Waals surface area contributed by atoms with Gasteiger partial charge in [0.1, 0.15) is 0 Å². The van der Waals surface area contributed by atoms with E-state index in [0.29, 0.717) is 0 Å². The maximum Gasteiger partial charge on any atom is 0.0986 e. The third-order valence-electron chi connectivity index (χ3n) is 9.26. The van der Waals surface area contributed by atoms with E-state index in [1.54, 1.807) is 14.2 Å². The number of ether oxygens (including phenoxy) is 2. The first kappa shape index (κ1) is 34.3. The molecule has 1 aliphatic carbocycles. The van der Waals surface area contributed by atoms with E-state index in [-0.39, 0.29) is 5.37 Å². The number of rotatable bonds is 14. The second-order valence-electron chi connectivity index (χ2n) is 12.5. The van der Waals surface area contributed by atoms with Crippen LogP contribution in [0, 0.1) is 0 Å². The Bertz CT molecular complexity index is 1830. The highest BCUT2D eigenvalue weighted by Crippen LogP contribution is 2.48. The molecule has 5 nitrogen and oxygen atoms in total. The summed E-state index contributed by atoms with van der Waals surface area (Å²) in [7, 11) is 3.57. The smallest absolute Gasteiger partial charge is 0.0986 e. The molecule has 0 spiro atoms. The summed E-state index contributed by atoms with van der Waals surface area (Å²) in [6, 6.07) is 39.1. The second kappa shape index (κ2) is 16.7. The van der Waals surface area contributed by atoms with Crippen molar-refractivity contribution in [1.29, 1.82) is 0 Å². The monoisotopic (exact) mass is 699 g/mol. The van der Waals surface area contributed by atoms with E-state index in [1.807, 2.05) is 23.5 Å². The Labute approximate surface area is 306 Å². The van der Waals surface area contributed by atoms with Crippen molar-refractivity contribution in [2.24, 2.45) is 0 Å². The van der Waals surface area contributed by atoms with Crippen molar-refractivity contribution in [3.05, 3.63) is 155 Å². The minimum absolute atomic E-state index is 0.226. The molecule has 0 bridgehead atoms. The van der Waals surface area contributed by atoms with Crippen molar-refractivity contribution in [3.8, 4) is 0 Å². The molecule has 0 N–H and O–H groups in total. The summed E-state index contributed by atoms with van der Waals surface area (Å²) in [5, 5.41) is 1.49. The Balaban J connectivity index is 1.29. The normalized spacial score (nSPS) is 18.6. The molecule has 0 amide bonds. The van der Waals surface area contributed by atoms with Crippen LogP contribution in [0.2, 0.25) is 0 Å². The SMILES string of the molecule is COCCCN1/C(=C/C=C2\CCC(/C=C/C3Sc4ccccc4N3CCCOC)=C2N(c2ccccc2)c2ccccc2)Sc2ccccc21. The van der Waals surface area contributed by atoms with Crippen LogP contribution in [-0.4, -0.2) is 45.9 Å². The summed E-state index contributed by atoms with van der Waals surface area (Å²) in [5.41, 5.74) is 8.89. The average Bonchev–Trinajstić information content (AvgIpc) is 3.84. The zero-order chi connectivity index (χ0) is 34.1. The molecule has 2 aliphatic heterocycles. The van der Waals surface area contributed by atoms with Crippen molar-refractivity contribution in [1.82, 2.24) is 0 Å². The highest BCUT2D eigenvalue weighted by atomic mass is 32.2. The molecule has 50 heavy (non-hydrogen) atoms. The lowest BCUT2D eigenvalue weighted by atomic mass is 10.1. The number of thioether (sulfide) groups is 2. The van der Waals surface area contributed by atoms with Crippen LogP contribution in [-0.2, 0) is 9.47 Å². The third kappa shape index (κ3) is 7.62. The quantitative estimate of drug-likeness (QED) is 0.121. The molecule has 2 heterocycles. The van der Waals surface area contributed by atoms with E-state index in [4.69, 9.17) is 9.47 Å². The molecule has 256 valence electrons. The van der Waals surface area contributed by atoms with E-state index >= 15 is 0 Å². The molecule has 4 aromatic carbocycles. The van der Waals surface area contributed by atoms with E-state index in [0.717, 1.165) is 63.4 Å². The lowest BCUT2D eigenvalue weighted by Crippen LogP contribution is -2.29. The molecule has 0 radical (unpaired) electrons. The van der Waals surface area contributed by atoms with Crippen molar-refractivity contribution < 1.29 is 9.47 Å². The van der Waals surface area contributed by atoms with Gasteiger partial charge in [0.05, 0.1) is 27.5 Å². The number of para-hydroxylation sites is 4. The van der Waals surface area contributed by atoms with Gasteiger partial charge in [-0.3, -0.25) is 0 Å². The van der Waals surface area contributed by atoms with Gasteiger partial charge in [0.15, 0.2) is 0 Å². The summed E-state index contributed by atoms with van der Waals surface area (Å²) in [6.45, 7) is 3.39. The average molecular weight is 700 g/mol. The number of hydrogen-bond acceptors (Lipinski definition) is 7. The van der Waals surface area contributed by atoms with E-state index < -0.39 is 0 Å². The second-order valence-corrected chi connectivity index (χ2v) is 14.7. The summed E-state index contributed by atoms with van der Waals surface area (Å²) in [5.74, 6) is 0. The van der Waals surface area contributed by atoms with Gasteiger partial charge in [0.25, 0.3) is 0 Å². The van der Waals surface area contributed by atoms with Crippen LogP contribution in [0.5, 0.6) is 0 Å². The predicted molar refractivity (Wildman–Crippen MR) is 213 cm³/mol. The first-order chi connectivity index (χ1) is 24.7. The van der Waals surface area contributed by atoms with Gasteiger partial charge < -0.3 is 24.2 Å². The summed E-state index contributed by atoms with van der Waals surface area (Å²) >= 11 is 3.80. The lowest BCUT2D eigenvalue weighted by molar-refractivity contribution is 0.196. The molecule has 1 atom stereocenters. The molecule has 0 fully saturated rings. The van der Waals surface area contributed by atoms with Crippen LogP contribution in [0.3, 0.4) is 0 Å². The predicted octanol–water partition coefficient (Wildman–Crippen LogP) is 10.8. The van der Waals surface area contributed by atoms with Gasteiger partial charge in [-0.2, -0.15) is 0 Å². The van der Waals surface area contributed by atoms with Crippen molar-refractivity contribution in [2.45, 2.75) is 40.8 Å². The van der Waals surface area contributed by atoms with Crippen molar-refractivity contribution >= 4 is 46.3 Å². The van der Waals surface area contributed by atoms with Gasteiger partial charge >= 0.3 is 0 Å². The number of fused-ring (bicyclic) bond motifs is 2. The number of benzene rings is 4. The van der Waals surface area contributed by atoms with Gasteiger partial charge in [0, 0.05) is 61.7 Å². The van der Waals surface area contributed by atoms with Gasteiger partial charge in [0.2, 0.25) is 0 Å². The van der Waals surface area contributed by atoms with Crippen LogP contribution in [0.15, 0.2) is 165 Å². The summed E-state index contributed by atoms with van der Waals surface area (Å²) in [4.78, 5) is 10.1. The van der Waals surface area contributed by atoms with Crippen LogP contribution in [0.4, 0.5) is 22.7 Å². The number of allylic oxidation sites excluding steroid dienone is 5. The molecule has 7 heteroatoms. The van der Waals surface area contributed by atoms with E-state index in [9.17, 15) is 0 Å². The van der Waals surface area contributed by atoms with E-state index in [1.165, 1.54) is 43.0 Å². The largest absolute Gasteiger partial charge is 0.385 e. The molecule has 7 rings (SSSR count). The summed E-state index contributed by atoms with van der Waals surface area (Å²) in [6.07, 6.45) is 13.5. The van der Waals surface area contributed by atoms with Crippen LogP contribution >= 0.6 is 23.5 Å². The summed E-state index contributed by atoms with van der Waals surface area (Å²) < 4.78 is 10.8. The highest BCUT2D eigenvalue weighted by molar-refractivity contribution is 8.03. The lowest BCUT2D eigenvalue weighted by Gasteiger charge is -2.29. The molecular weight excluding hydrogens is 655 g/mol. The maximum absolute atomic E-state index is 5.43. The highest BCUT2D eigenvalue weighted by Gasteiger charge is 2.30. The Morgan fingerprint density at radius 1 is 0.700 bits per heavy atom. The van der Waals surface area contributed by atoms with Crippen LogP contribution in [0.1, 0.15) is 25.7 Å². The molecule has 1 unspecified atom stereocenters. The minimum Gasteiger partial charge on any atom is -0.385 e.